The lowest BCUT2D eigenvalue weighted by atomic mass is 10.1. The van der Waals surface area contributed by atoms with Gasteiger partial charge in [0, 0.05) is 36.8 Å². The van der Waals surface area contributed by atoms with Gasteiger partial charge in [-0.25, -0.2) is 4.39 Å². The first kappa shape index (κ1) is 16.7. The van der Waals surface area contributed by atoms with Gasteiger partial charge < -0.3 is 10.6 Å². The minimum absolute atomic E-state index is 0.0542. The Balaban J connectivity index is 1.97. The Labute approximate surface area is 133 Å². The van der Waals surface area contributed by atoms with Crippen molar-refractivity contribution in [1.29, 1.82) is 0 Å². The second kappa shape index (κ2) is 7.56. The summed E-state index contributed by atoms with van der Waals surface area (Å²) < 4.78 is 13.7. The first-order valence-electron chi connectivity index (χ1n) is 7.18. The van der Waals surface area contributed by atoms with E-state index in [9.17, 15) is 14.0 Å². The molecule has 1 aromatic carbocycles. The third-order valence-corrected chi connectivity index (χ3v) is 4.06. The zero-order valence-corrected chi connectivity index (χ0v) is 13.0. The molecule has 0 spiro atoms. The molecule has 7 heteroatoms. The van der Waals surface area contributed by atoms with Crippen molar-refractivity contribution >= 4 is 23.4 Å². The summed E-state index contributed by atoms with van der Waals surface area (Å²) in [6.07, 6.45) is 0.700. The van der Waals surface area contributed by atoms with Gasteiger partial charge in [-0.1, -0.05) is 17.7 Å². The van der Waals surface area contributed by atoms with Gasteiger partial charge in [-0.3, -0.25) is 14.5 Å². The lowest BCUT2D eigenvalue weighted by Crippen LogP contribution is -2.38. The van der Waals surface area contributed by atoms with Crippen molar-refractivity contribution in [2.24, 2.45) is 5.73 Å². The number of hydrogen-bond donors (Lipinski definition) is 1. The maximum absolute atomic E-state index is 13.7. The van der Waals surface area contributed by atoms with E-state index in [4.69, 9.17) is 17.3 Å². The molecule has 5 nitrogen and oxygen atoms in total. The van der Waals surface area contributed by atoms with Crippen LogP contribution in [0.3, 0.4) is 0 Å². The molecule has 1 fully saturated rings. The number of primary amides is 1. The topological polar surface area (TPSA) is 66.6 Å². The van der Waals surface area contributed by atoms with Gasteiger partial charge in [-0.05, 0) is 18.6 Å². The summed E-state index contributed by atoms with van der Waals surface area (Å²) in [5.41, 5.74) is 5.42. The van der Waals surface area contributed by atoms with Crippen LogP contribution in [0.15, 0.2) is 18.2 Å². The van der Waals surface area contributed by atoms with E-state index in [0.717, 1.165) is 6.42 Å². The van der Waals surface area contributed by atoms with Crippen molar-refractivity contribution in [3.63, 3.8) is 0 Å². The fourth-order valence-electron chi connectivity index (χ4n) is 2.56. The fourth-order valence-corrected chi connectivity index (χ4v) is 2.79. The SMILES string of the molecule is NC(=O)CN1CCCN(C(=O)Cc2c(F)cccc2Cl)CC1. The lowest BCUT2D eigenvalue weighted by molar-refractivity contribution is -0.130. The third-order valence-electron chi connectivity index (χ3n) is 3.71. The fraction of sp³-hybridized carbons (Fsp3) is 0.467. The molecule has 1 aliphatic heterocycles. The maximum Gasteiger partial charge on any atom is 0.231 e. The summed E-state index contributed by atoms with van der Waals surface area (Å²) in [5, 5.41) is 0.263. The first-order valence-corrected chi connectivity index (χ1v) is 7.56. The van der Waals surface area contributed by atoms with Crippen LogP contribution in [-0.4, -0.2) is 54.3 Å². The Morgan fingerprint density at radius 2 is 2.00 bits per heavy atom. The molecule has 0 aliphatic carbocycles. The zero-order chi connectivity index (χ0) is 16.1. The summed E-state index contributed by atoms with van der Waals surface area (Å²) in [6.45, 7) is 2.58. The van der Waals surface area contributed by atoms with Crippen LogP contribution in [-0.2, 0) is 16.0 Å². The number of halogens is 2. The summed E-state index contributed by atoms with van der Waals surface area (Å²) in [5.74, 6) is -1.00. The molecule has 2 amide bonds. The number of rotatable bonds is 4. The molecule has 1 aromatic rings. The van der Waals surface area contributed by atoms with Crippen molar-refractivity contribution < 1.29 is 14.0 Å². The van der Waals surface area contributed by atoms with Crippen molar-refractivity contribution in [2.45, 2.75) is 12.8 Å². The van der Waals surface area contributed by atoms with E-state index >= 15 is 0 Å². The van der Waals surface area contributed by atoms with Gasteiger partial charge >= 0.3 is 0 Å². The Morgan fingerprint density at radius 1 is 1.23 bits per heavy atom. The Morgan fingerprint density at radius 3 is 2.68 bits per heavy atom. The lowest BCUT2D eigenvalue weighted by Gasteiger charge is -2.21. The van der Waals surface area contributed by atoms with Gasteiger partial charge in [0.15, 0.2) is 0 Å². The van der Waals surface area contributed by atoms with E-state index in [1.54, 1.807) is 11.0 Å². The molecule has 0 radical (unpaired) electrons. The van der Waals surface area contributed by atoms with Crippen molar-refractivity contribution in [3.05, 3.63) is 34.6 Å². The predicted molar refractivity (Wildman–Crippen MR) is 81.9 cm³/mol. The Hall–Kier alpha value is -1.66. The maximum atomic E-state index is 13.7. The van der Waals surface area contributed by atoms with Gasteiger partial charge in [-0.15, -0.1) is 0 Å². The van der Waals surface area contributed by atoms with Crippen LogP contribution in [0, 0.1) is 5.82 Å². The van der Waals surface area contributed by atoms with E-state index in [2.05, 4.69) is 0 Å². The summed E-state index contributed by atoms with van der Waals surface area (Å²) in [7, 11) is 0. The largest absolute Gasteiger partial charge is 0.369 e. The number of benzene rings is 1. The van der Waals surface area contributed by atoms with E-state index in [1.165, 1.54) is 12.1 Å². The van der Waals surface area contributed by atoms with Crippen molar-refractivity contribution in [3.8, 4) is 0 Å². The highest BCUT2D eigenvalue weighted by Gasteiger charge is 2.21. The molecule has 1 saturated heterocycles. The Kier molecular flexibility index (Phi) is 5.74. The number of amides is 2. The second-order valence-corrected chi connectivity index (χ2v) is 5.76. The molecule has 120 valence electrons. The highest BCUT2D eigenvalue weighted by molar-refractivity contribution is 6.31. The normalized spacial score (nSPS) is 16.4. The molecule has 22 heavy (non-hydrogen) atoms. The van der Waals surface area contributed by atoms with Crippen molar-refractivity contribution in [2.75, 3.05) is 32.7 Å². The molecule has 1 heterocycles. The molecule has 0 unspecified atom stereocenters. The molecule has 2 rings (SSSR count). The Bertz CT molecular complexity index is 547. The van der Waals surface area contributed by atoms with Gasteiger partial charge in [0.1, 0.15) is 5.82 Å². The van der Waals surface area contributed by atoms with Crippen LogP contribution in [0.2, 0.25) is 5.02 Å². The molecular formula is C15H19ClFN3O2. The van der Waals surface area contributed by atoms with Crippen LogP contribution in [0.5, 0.6) is 0 Å². The van der Waals surface area contributed by atoms with Gasteiger partial charge in [0.05, 0.1) is 13.0 Å². The molecule has 2 N–H and O–H groups in total. The molecule has 0 bridgehead atoms. The van der Waals surface area contributed by atoms with E-state index in [0.29, 0.717) is 26.2 Å². The first-order chi connectivity index (χ1) is 10.5. The quantitative estimate of drug-likeness (QED) is 0.898. The molecule has 1 aliphatic rings. The average Bonchev–Trinajstić information content (AvgIpc) is 2.68. The van der Waals surface area contributed by atoms with Crippen LogP contribution >= 0.6 is 11.6 Å². The summed E-state index contributed by atoms with van der Waals surface area (Å²) >= 11 is 5.95. The number of carbonyl (C=O) groups excluding carboxylic acids is 2. The molecular weight excluding hydrogens is 309 g/mol. The smallest absolute Gasteiger partial charge is 0.231 e. The van der Waals surface area contributed by atoms with Gasteiger partial charge in [0.2, 0.25) is 11.8 Å². The van der Waals surface area contributed by atoms with Crippen LogP contribution in [0.1, 0.15) is 12.0 Å². The van der Waals surface area contributed by atoms with Crippen molar-refractivity contribution in [1.82, 2.24) is 9.80 Å². The predicted octanol–water partition coefficient (Wildman–Crippen LogP) is 1.04. The van der Waals surface area contributed by atoms with E-state index < -0.39 is 5.82 Å². The number of hydrogen-bond acceptors (Lipinski definition) is 3. The highest BCUT2D eigenvalue weighted by Crippen LogP contribution is 2.20. The molecule has 0 atom stereocenters. The van der Waals surface area contributed by atoms with Gasteiger partial charge in [-0.2, -0.15) is 0 Å². The van der Waals surface area contributed by atoms with Crippen LogP contribution < -0.4 is 5.73 Å². The highest BCUT2D eigenvalue weighted by atomic mass is 35.5. The standard InChI is InChI=1S/C15H19ClFN3O2/c16-12-3-1-4-13(17)11(12)9-15(22)20-6-2-5-19(7-8-20)10-14(18)21/h1,3-4H,2,5-10H2,(H2,18,21). The van der Waals surface area contributed by atoms with E-state index in [1.807, 2.05) is 4.90 Å². The number of nitrogens with two attached hydrogens (primary N) is 1. The van der Waals surface area contributed by atoms with Gasteiger partial charge in [0.25, 0.3) is 0 Å². The molecule has 0 aromatic heterocycles. The summed E-state index contributed by atoms with van der Waals surface area (Å²) in [4.78, 5) is 26.9. The number of carbonyl (C=O) groups is 2. The van der Waals surface area contributed by atoms with E-state index in [-0.39, 0.29) is 35.4 Å². The third kappa shape index (κ3) is 4.42. The zero-order valence-electron chi connectivity index (χ0n) is 12.2. The summed E-state index contributed by atoms with van der Waals surface area (Å²) in [6, 6.07) is 4.38. The van der Waals surface area contributed by atoms with Crippen LogP contribution in [0.4, 0.5) is 4.39 Å². The average molecular weight is 328 g/mol. The minimum Gasteiger partial charge on any atom is -0.369 e. The monoisotopic (exact) mass is 327 g/mol. The van der Waals surface area contributed by atoms with Crippen LogP contribution in [0.25, 0.3) is 0 Å². The second-order valence-electron chi connectivity index (χ2n) is 5.35. The minimum atomic E-state index is -0.467. The molecule has 0 saturated carbocycles. The number of nitrogens with zero attached hydrogens (tertiary/aromatic N) is 2.